The summed E-state index contributed by atoms with van der Waals surface area (Å²) in [6, 6.07) is 0. The van der Waals surface area contributed by atoms with Gasteiger partial charge in [-0.15, -0.1) is 0 Å². The van der Waals surface area contributed by atoms with Crippen molar-refractivity contribution in [1.29, 1.82) is 0 Å². The van der Waals surface area contributed by atoms with Crippen molar-refractivity contribution in [1.82, 2.24) is 0 Å². The van der Waals surface area contributed by atoms with Gasteiger partial charge in [0, 0.05) is 0 Å². The standard InChI is InChI=1S/6FH.2Li.H4O4Si.2H/c;;;;;;;;1-5(2,3)4;;/h6*1H;;;1-4H;;. The van der Waals surface area contributed by atoms with E-state index in [0.29, 0.717) is 0 Å². The van der Waals surface area contributed by atoms with Crippen LogP contribution in [0.15, 0.2) is 0 Å². The molecule has 13 heavy (non-hydrogen) atoms. The van der Waals surface area contributed by atoms with E-state index in [4.69, 9.17) is 19.2 Å². The Morgan fingerprint density at radius 2 is 0.462 bits per heavy atom. The summed E-state index contributed by atoms with van der Waals surface area (Å²) >= 11 is 0. The molecule has 0 aliphatic rings. The van der Waals surface area contributed by atoms with E-state index >= 15 is 0 Å². The quantitative estimate of drug-likeness (QED) is 0.265. The second kappa shape index (κ2) is 38.5. The van der Waals surface area contributed by atoms with Crippen LogP contribution in [0.2, 0.25) is 0 Å². The van der Waals surface area contributed by atoms with Gasteiger partial charge in [0.1, 0.15) is 0 Å². The van der Waals surface area contributed by atoms with Crippen molar-refractivity contribution >= 4 is 46.8 Å². The van der Waals surface area contributed by atoms with Gasteiger partial charge in [0.05, 0.1) is 0 Å². The van der Waals surface area contributed by atoms with E-state index < -0.39 is 9.05 Å². The molecule has 0 aromatic rings. The average molecular weight is 232 g/mol. The number of rotatable bonds is 0. The van der Waals surface area contributed by atoms with Crippen LogP contribution in [0.5, 0.6) is 0 Å². The van der Waals surface area contributed by atoms with Crippen LogP contribution in [0.25, 0.3) is 0 Å². The van der Waals surface area contributed by atoms with E-state index in [2.05, 4.69) is 0 Å². The van der Waals surface area contributed by atoms with Crippen molar-refractivity contribution in [2.75, 3.05) is 0 Å². The summed E-state index contributed by atoms with van der Waals surface area (Å²) in [6.07, 6.45) is 0. The van der Waals surface area contributed by atoms with Crippen LogP contribution in [0, 0.1) is 0 Å². The molecular weight excluding hydrogens is 220 g/mol. The van der Waals surface area contributed by atoms with Crippen LogP contribution in [-0.2, 0) is 0 Å². The monoisotopic (exact) mass is 232 g/mol. The Labute approximate surface area is 94.4 Å². The summed E-state index contributed by atoms with van der Waals surface area (Å²) in [5.41, 5.74) is 0. The number of halogens is 6. The molecule has 0 aromatic carbocycles. The zero-order valence-electron chi connectivity index (χ0n) is 4.74. The van der Waals surface area contributed by atoms with Crippen LogP contribution in [0.3, 0.4) is 0 Å². The summed E-state index contributed by atoms with van der Waals surface area (Å²) in [7, 11) is -4.61. The van der Waals surface area contributed by atoms with Gasteiger partial charge in [-0.3, -0.25) is 28.2 Å². The molecule has 0 aliphatic carbocycles. The van der Waals surface area contributed by atoms with Crippen LogP contribution in [0.4, 0.5) is 28.2 Å². The van der Waals surface area contributed by atoms with E-state index in [9.17, 15) is 0 Å². The summed E-state index contributed by atoms with van der Waals surface area (Å²) in [6.45, 7) is 0. The van der Waals surface area contributed by atoms with Gasteiger partial charge in [-0.05, 0) is 0 Å². The SMILES string of the molecule is F.F.F.F.F.F.O[Si](O)(O)O.[LiH].[LiH]. The molecule has 0 fully saturated rings. The van der Waals surface area contributed by atoms with E-state index in [1.165, 1.54) is 0 Å². The van der Waals surface area contributed by atoms with Gasteiger partial charge in [0.25, 0.3) is 0 Å². The van der Waals surface area contributed by atoms with E-state index in [1.807, 2.05) is 0 Å². The second-order valence-electron chi connectivity index (χ2n) is 0.600. The normalized spacial score (nSPS) is 4.62. The first-order chi connectivity index (χ1) is 2.00. The third-order valence-corrected chi connectivity index (χ3v) is 0. The van der Waals surface area contributed by atoms with Gasteiger partial charge >= 0.3 is 46.8 Å². The van der Waals surface area contributed by atoms with Gasteiger partial charge in [0.2, 0.25) is 0 Å². The summed E-state index contributed by atoms with van der Waals surface area (Å²) in [4.78, 5) is 29.3. The zero-order chi connectivity index (χ0) is 4.50. The van der Waals surface area contributed by atoms with Gasteiger partial charge in [-0.2, -0.15) is 0 Å². The maximum atomic E-state index is 7.33. The molecule has 0 rings (SSSR count). The molecule has 0 saturated heterocycles. The Morgan fingerprint density at radius 3 is 0.462 bits per heavy atom. The predicted octanol–water partition coefficient (Wildman–Crippen LogP) is -2.99. The Balaban J connectivity index is -0.00000000286. The predicted molar refractivity (Wildman–Crippen MR) is 43.9 cm³/mol. The molecule has 13 heteroatoms. The van der Waals surface area contributed by atoms with Crippen molar-refractivity contribution in [3.05, 3.63) is 0 Å². The third-order valence-electron chi connectivity index (χ3n) is 0. The summed E-state index contributed by atoms with van der Waals surface area (Å²) in [5.74, 6) is 0. The molecule has 0 atom stereocenters. The molecule has 0 amide bonds. The second-order valence-corrected chi connectivity index (χ2v) is 1.80. The summed E-state index contributed by atoms with van der Waals surface area (Å²) < 4.78 is 0. The molecule has 0 spiro atoms. The molecule has 0 radical (unpaired) electrons. The van der Waals surface area contributed by atoms with Gasteiger partial charge in [-0.25, -0.2) is 0 Å². The fourth-order valence-electron chi connectivity index (χ4n) is 0. The molecule has 0 unspecified atom stereocenters. The van der Waals surface area contributed by atoms with Gasteiger partial charge in [0.15, 0.2) is 0 Å². The minimum absolute atomic E-state index is 0. The molecule has 0 heterocycles. The van der Waals surface area contributed by atoms with Crippen LogP contribution in [0.1, 0.15) is 0 Å². The Bertz CT molecular complexity index is 38.1. The number of hydrogen-bond donors (Lipinski definition) is 4. The minimum atomic E-state index is -4.61. The van der Waals surface area contributed by atoms with Crippen molar-refractivity contribution in [3.63, 3.8) is 0 Å². The Hall–Kier alpha value is 0.832. The molecule has 0 bridgehead atoms. The van der Waals surface area contributed by atoms with Crippen LogP contribution >= 0.6 is 0 Å². The molecule has 0 aromatic heterocycles. The van der Waals surface area contributed by atoms with Crippen molar-refractivity contribution in [2.45, 2.75) is 0 Å². The van der Waals surface area contributed by atoms with Crippen molar-refractivity contribution in [2.24, 2.45) is 0 Å². The van der Waals surface area contributed by atoms with Gasteiger partial charge < -0.3 is 19.2 Å². The maximum absolute atomic E-state index is 7.33. The Kier molecular flexibility index (Phi) is 289. The molecule has 4 nitrogen and oxygen atoms in total. The van der Waals surface area contributed by atoms with Gasteiger partial charge in [-0.1, -0.05) is 0 Å². The van der Waals surface area contributed by atoms with E-state index in [-0.39, 0.29) is 65.9 Å². The first-order valence-corrected chi connectivity index (χ1v) is 2.68. The van der Waals surface area contributed by atoms with E-state index in [1.54, 1.807) is 0 Å². The molecule has 0 saturated carbocycles. The molecule has 0 aliphatic heterocycles. The van der Waals surface area contributed by atoms with Crippen molar-refractivity contribution < 1.29 is 47.4 Å². The Morgan fingerprint density at radius 1 is 0.462 bits per heavy atom. The van der Waals surface area contributed by atoms with Crippen LogP contribution < -0.4 is 0 Å². The topological polar surface area (TPSA) is 80.9 Å². The number of hydrogen-bond acceptors (Lipinski definition) is 4. The first-order valence-electron chi connectivity index (χ1n) is 0.894. The van der Waals surface area contributed by atoms with Crippen molar-refractivity contribution in [3.8, 4) is 0 Å². The molecule has 4 N–H and O–H groups in total. The first kappa shape index (κ1) is 97.6. The molecular formula is H12F6Li2O4Si. The molecule has 84 valence electrons. The van der Waals surface area contributed by atoms with E-state index in [0.717, 1.165) is 0 Å². The van der Waals surface area contributed by atoms with Crippen LogP contribution in [-0.4, -0.2) is 66.0 Å². The fourth-order valence-corrected chi connectivity index (χ4v) is 0. The third kappa shape index (κ3) is 2180. The average Bonchev–Trinajstić information content (AvgIpc) is 0.722. The zero-order valence-corrected chi connectivity index (χ0v) is 5.74. The fraction of sp³-hybridized carbons (Fsp3) is 0. The summed E-state index contributed by atoms with van der Waals surface area (Å²) in [5, 5.41) is 0.